The normalized spacial score (nSPS) is 21.2. The topological polar surface area (TPSA) is 77.9 Å². The molecule has 1 aromatic rings. The molecule has 2 aliphatic rings. The van der Waals surface area contributed by atoms with Crippen LogP contribution in [-0.4, -0.2) is 40.7 Å². The summed E-state index contributed by atoms with van der Waals surface area (Å²) in [5.74, 6) is -1.76. The lowest BCUT2D eigenvalue weighted by atomic mass is 10.3. The lowest BCUT2D eigenvalue weighted by Crippen LogP contribution is -2.33. The van der Waals surface area contributed by atoms with Gasteiger partial charge in [-0.25, -0.2) is 0 Å². The molecule has 8 heteroatoms. The Morgan fingerprint density at radius 3 is 2.62 bits per heavy atom. The molecule has 108 valence electrons. The molecule has 0 spiro atoms. The van der Waals surface area contributed by atoms with Crippen molar-refractivity contribution in [1.82, 2.24) is 4.90 Å². The molecule has 0 unspecified atom stereocenters. The Balaban J connectivity index is 1.97. The highest BCUT2D eigenvalue weighted by molar-refractivity contribution is 8.19. The average Bonchev–Trinajstić information content (AvgIpc) is 2.91. The summed E-state index contributed by atoms with van der Waals surface area (Å²) in [4.78, 5) is 38.7. The first-order chi connectivity index (χ1) is 9.99. The number of carboxylic acid groups (broad SMARTS) is 1. The van der Waals surface area contributed by atoms with Crippen molar-refractivity contribution >= 4 is 46.3 Å². The summed E-state index contributed by atoms with van der Waals surface area (Å²) >= 11 is 2.19. The molecule has 0 aliphatic carbocycles. The minimum atomic E-state index is -1.21. The van der Waals surface area contributed by atoms with Gasteiger partial charge in [0, 0.05) is 11.9 Å². The lowest BCUT2D eigenvalue weighted by molar-refractivity contribution is -0.140. The fourth-order valence-corrected chi connectivity index (χ4v) is 4.28. The van der Waals surface area contributed by atoms with Crippen LogP contribution >= 0.6 is 23.5 Å². The molecule has 0 radical (unpaired) electrons. The largest absolute Gasteiger partial charge is 0.480 e. The highest BCUT2D eigenvalue weighted by atomic mass is 32.2. The van der Waals surface area contributed by atoms with Gasteiger partial charge in [-0.05, 0) is 23.9 Å². The number of amides is 2. The lowest BCUT2D eigenvalue weighted by Gasteiger charge is -2.14. The third kappa shape index (κ3) is 2.30. The Morgan fingerprint density at radius 2 is 1.95 bits per heavy atom. The van der Waals surface area contributed by atoms with Gasteiger partial charge < -0.3 is 10.0 Å². The Labute approximate surface area is 128 Å². The Bertz CT molecular complexity index is 701. The second-order valence-electron chi connectivity index (χ2n) is 4.42. The maximum absolute atomic E-state index is 12.3. The predicted octanol–water partition coefficient (Wildman–Crippen LogP) is 2.18. The third-order valence-electron chi connectivity index (χ3n) is 3.07. The smallest absolute Gasteiger partial charge is 0.323 e. The van der Waals surface area contributed by atoms with Gasteiger partial charge in [-0.3, -0.25) is 19.3 Å². The maximum Gasteiger partial charge on any atom is 0.323 e. The van der Waals surface area contributed by atoms with Crippen LogP contribution in [-0.2, 0) is 9.59 Å². The van der Waals surface area contributed by atoms with Gasteiger partial charge in [-0.2, -0.15) is 0 Å². The molecule has 2 aliphatic heterocycles. The number of thioether (sulfide) groups is 2. The van der Waals surface area contributed by atoms with Gasteiger partial charge >= 0.3 is 5.97 Å². The number of hydrogen-bond donors (Lipinski definition) is 1. The summed E-state index contributed by atoms with van der Waals surface area (Å²) in [5, 5.41) is 8.88. The number of aliphatic carboxylic acids is 1. The van der Waals surface area contributed by atoms with Crippen molar-refractivity contribution in [2.75, 3.05) is 18.5 Å². The zero-order valence-electron chi connectivity index (χ0n) is 10.9. The molecular weight excluding hydrogens is 312 g/mol. The molecule has 0 saturated carbocycles. The summed E-state index contributed by atoms with van der Waals surface area (Å²) in [6, 6.07) is 7.66. The standard InChI is InChI=1S/C13H10N2O4S2/c1-14-7-4-2-3-5-8(7)20-12(14)10-11(18)15(6-9(16)17)13(19)21-10/h2-5H,6H2,1H3,(H,16,17)/b12-10+. The monoisotopic (exact) mass is 322 g/mol. The van der Waals surface area contributed by atoms with E-state index in [0.717, 1.165) is 27.2 Å². The number of benzene rings is 1. The van der Waals surface area contributed by atoms with E-state index in [0.29, 0.717) is 5.03 Å². The van der Waals surface area contributed by atoms with Crippen LogP contribution in [0.2, 0.25) is 0 Å². The van der Waals surface area contributed by atoms with E-state index in [9.17, 15) is 14.4 Å². The van der Waals surface area contributed by atoms with Crippen LogP contribution in [0.5, 0.6) is 0 Å². The first-order valence-electron chi connectivity index (χ1n) is 5.99. The Kier molecular flexibility index (Phi) is 3.42. The van der Waals surface area contributed by atoms with E-state index in [1.807, 2.05) is 36.2 Å². The summed E-state index contributed by atoms with van der Waals surface area (Å²) in [6.45, 7) is -0.608. The molecule has 2 amide bonds. The first-order valence-corrected chi connectivity index (χ1v) is 7.62. The molecule has 1 saturated heterocycles. The van der Waals surface area contributed by atoms with Crippen LogP contribution in [0, 0.1) is 0 Å². The van der Waals surface area contributed by atoms with Gasteiger partial charge in [-0.1, -0.05) is 23.9 Å². The quantitative estimate of drug-likeness (QED) is 0.836. The van der Waals surface area contributed by atoms with Crippen molar-refractivity contribution in [1.29, 1.82) is 0 Å². The number of anilines is 1. The molecular formula is C13H10N2O4S2. The summed E-state index contributed by atoms with van der Waals surface area (Å²) in [5.41, 5.74) is 0.961. The average molecular weight is 322 g/mol. The molecule has 6 nitrogen and oxygen atoms in total. The van der Waals surface area contributed by atoms with Crippen molar-refractivity contribution in [3.05, 3.63) is 34.2 Å². The summed E-state index contributed by atoms with van der Waals surface area (Å²) in [6.07, 6.45) is 0. The van der Waals surface area contributed by atoms with Gasteiger partial charge in [0.25, 0.3) is 11.1 Å². The summed E-state index contributed by atoms with van der Waals surface area (Å²) < 4.78 is 0. The van der Waals surface area contributed by atoms with Crippen LogP contribution in [0.1, 0.15) is 0 Å². The molecule has 1 N–H and O–H groups in total. The molecule has 0 aromatic heterocycles. The van der Waals surface area contributed by atoms with Gasteiger partial charge in [-0.15, -0.1) is 0 Å². The number of para-hydroxylation sites is 1. The maximum atomic E-state index is 12.3. The Morgan fingerprint density at radius 1 is 1.24 bits per heavy atom. The Hall–Kier alpha value is -1.93. The number of imide groups is 1. The van der Waals surface area contributed by atoms with Crippen LogP contribution in [0.4, 0.5) is 10.5 Å². The first kappa shape index (κ1) is 14.0. The van der Waals surface area contributed by atoms with Crippen LogP contribution in [0.25, 0.3) is 0 Å². The molecule has 0 bridgehead atoms. The number of hydrogen-bond acceptors (Lipinski definition) is 6. The predicted molar refractivity (Wildman–Crippen MR) is 80.1 cm³/mol. The van der Waals surface area contributed by atoms with Gasteiger partial charge in [0.2, 0.25) is 0 Å². The van der Waals surface area contributed by atoms with E-state index >= 15 is 0 Å². The number of fused-ring (bicyclic) bond motifs is 1. The third-order valence-corrected chi connectivity index (χ3v) is 5.41. The van der Waals surface area contributed by atoms with E-state index in [4.69, 9.17) is 5.11 Å². The number of rotatable bonds is 2. The number of carboxylic acids is 1. The summed E-state index contributed by atoms with van der Waals surface area (Å²) in [7, 11) is 1.82. The zero-order valence-corrected chi connectivity index (χ0v) is 12.5. The van der Waals surface area contributed by atoms with Crippen LogP contribution < -0.4 is 4.90 Å². The number of carbonyl (C=O) groups excluding carboxylic acids is 2. The fraction of sp³-hybridized carbons (Fsp3) is 0.154. The van der Waals surface area contributed by atoms with Gasteiger partial charge in [0.15, 0.2) is 0 Å². The van der Waals surface area contributed by atoms with Crippen molar-refractivity contribution in [3.63, 3.8) is 0 Å². The minimum absolute atomic E-state index is 0.282. The molecule has 2 heterocycles. The SMILES string of the molecule is CN1/C(=C2\SC(=O)N(CC(=O)O)C2=O)Sc2ccccc21. The molecule has 1 fully saturated rings. The fourth-order valence-electron chi connectivity index (χ4n) is 2.10. The van der Waals surface area contributed by atoms with E-state index in [2.05, 4.69) is 0 Å². The van der Waals surface area contributed by atoms with Gasteiger partial charge in [0.05, 0.1) is 10.7 Å². The molecule has 3 rings (SSSR count). The number of carbonyl (C=O) groups is 3. The second kappa shape index (κ2) is 5.12. The molecule has 0 atom stereocenters. The van der Waals surface area contributed by atoms with Gasteiger partial charge in [0.1, 0.15) is 11.4 Å². The van der Waals surface area contributed by atoms with E-state index in [-0.39, 0.29) is 4.91 Å². The molecule has 21 heavy (non-hydrogen) atoms. The van der Waals surface area contributed by atoms with Crippen molar-refractivity contribution in [2.24, 2.45) is 0 Å². The van der Waals surface area contributed by atoms with E-state index < -0.39 is 23.7 Å². The molecule has 1 aromatic carbocycles. The van der Waals surface area contributed by atoms with E-state index in [1.165, 1.54) is 11.8 Å². The number of nitrogens with zero attached hydrogens (tertiary/aromatic N) is 2. The van der Waals surface area contributed by atoms with Crippen LogP contribution in [0.15, 0.2) is 39.1 Å². The van der Waals surface area contributed by atoms with E-state index in [1.54, 1.807) is 0 Å². The van der Waals surface area contributed by atoms with Crippen molar-refractivity contribution < 1.29 is 19.5 Å². The van der Waals surface area contributed by atoms with Crippen molar-refractivity contribution in [3.8, 4) is 0 Å². The van der Waals surface area contributed by atoms with Crippen LogP contribution in [0.3, 0.4) is 0 Å². The minimum Gasteiger partial charge on any atom is -0.480 e. The van der Waals surface area contributed by atoms with Crippen molar-refractivity contribution in [2.45, 2.75) is 4.90 Å². The highest BCUT2D eigenvalue weighted by Gasteiger charge is 2.41. The zero-order chi connectivity index (χ0) is 15.1. The highest BCUT2D eigenvalue weighted by Crippen LogP contribution is 2.49. The second-order valence-corrected chi connectivity index (χ2v) is 6.41.